The summed E-state index contributed by atoms with van der Waals surface area (Å²) in [5.74, 6) is -1.09. The first-order valence-electron chi connectivity index (χ1n) is 7.08. The Bertz CT molecular complexity index is 703. The monoisotopic (exact) mass is 287 g/mol. The van der Waals surface area contributed by atoms with Crippen molar-refractivity contribution < 1.29 is 19.1 Å². The molecule has 5 heteroatoms. The average molecular weight is 287 g/mol. The van der Waals surface area contributed by atoms with Gasteiger partial charge in [0.2, 0.25) is 0 Å². The molecule has 2 N–H and O–H groups in total. The Hall–Kier alpha value is -2.30. The molecule has 1 saturated carbocycles. The van der Waals surface area contributed by atoms with E-state index in [1.54, 1.807) is 0 Å². The highest BCUT2D eigenvalue weighted by Gasteiger charge is 2.31. The number of fused-ring (bicyclic) bond motifs is 1. The second kappa shape index (κ2) is 5.24. The SMILES string of the molecule is Cc1c(C(=O)N[C@H]2CC[C@@H](C(=O)O)C2)oc2ccccc12. The number of carbonyl (C=O) groups excluding carboxylic acids is 1. The zero-order valence-electron chi connectivity index (χ0n) is 11.8. The molecule has 0 saturated heterocycles. The second-order valence-corrected chi connectivity index (χ2v) is 5.57. The van der Waals surface area contributed by atoms with E-state index < -0.39 is 5.97 Å². The second-order valence-electron chi connectivity index (χ2n) is 5.57. The van der Waals surface area contributed by atoms with Gasteiger partial charge < -0.3 is 14.8 Å². The lowest BCUT2D eigenvalue weighted by molar-refractivity contribution is -0.141. The van der Waals surface area contributed by atoms with Gasteiger partial charge in [-0.25, -0.2) is 0 Å². The van der Waals surface area contributed by atoms with E-state index in [0.717, 1.165) is 10.9 Å². The van der Waals surface area contributed by atoms with Gasteiger partial charge in [-0.15, -0.1) is 0 Å². The highest BCUT2D eigenvalue weighted by Crippen LogP contribution is 2.28. The molecule has 3 rings (SSSR count). The van der Waals surface area contributed by atoms with Crippen molar-refractivity contribution >= 4 is 22.8 Å². The number of para-hydroxylation sites is 1. The minimum atomic E-state index is -0.785. The van der Waals surface area contributed by atoms with Crippen LogP contribution < -0.4 is 5.32 Å². The summed E-state index contributed by atoms with van der Waals surface area (Å²) >= 11 is 0. The molecule has 1 amide bonds. The summed E-state index contributed by atoms with van der Waals surface area (Å²) in [6, 6.07) is 7.42. The maximum Gasteiger partial charge on any atom is 0.306 e. The van der Waals surface area contributed by atoms with Crippen LogP contribution in [0.3, 0.4) is 0 Å². The third-order valence-corrected chi connectivity index (χ3v) is 4.17. The Morgan fingerprint density at radius 3 is 2.71 bits per heavy atom. The number of aliphatic carboxylic acids is 1. The van der Waals surface area contributed by atoms with Crippen molar-refractivity contribution in [3.8, 4) is 0 Å². The number of hydrogen-bond acceptors (Lipinski definition) is 3. The molecule has 110 valence electrons. The van der Waals surface area contributed by atoms with E-state index in [4.69, 9.17) is 9.52 Å². The van der Waals surface area contributed by atoms with Crippen molar-refractivity contribution in [1.29, 1.82) is 0 Å². The largest absolute Gasteiger partial charge is 0.481 e. The van der Waals surface area contributed by atoms with Gasteiger partial charge in [-0.1, -0.05) is 18.2 Å². The maximum atomic E-state index is 12.3. The lowest BCUT2D eigenvalue weighted by Crippen LogP contribution is -2.33. The van der Waals surface area contributed by atoms with E-state index in [1.807, 2.05) is 31.2 Å². The molecule has 5 nitrogen and oxygen atoms in total. The van der Waals surface area contributed by atoms with Gasteiger partial charge in [0.25, 0.3) is 5.91 Å². The molecule has 2 aromatic rings. The first-order chi connectivity index (χ1) is 10.1. The number of aryl methyl sites for hydroxylation is 1. The van der Waals surface area contributed by atoms with E-state index in [0.29, 0.717) is 30.6 Å². The average Bonchev–Trinajstić information content (AvgIpc) is 3.05. The van der Waals surface area contributed by atoms with Crippen LogP contribution >= 0.6 is 0 Å². The molecule has 0 radical (unpaired) electrons. The molecule has 1 fully saturated rings. The van der Waals surface area contributed by atoms with Gasteiger partial charge in [0.1, 0.15) is 5.58 Å². The van der Waals surface area contributed by atoms with Crippen LogP contribution in [0.4, 0.5) is 0 Å². The molecule has 0 unspecified atom stereocenters. The smallest absolute Gasteiger partial charge is 0.306 e. The molecule has 1 aliphatic carbocycles. The fourth-order valence-corrected chi connectivity index (χ4v) is 2.98. The predicted molar refractivity (Wildman–Crippen MR) is 77.2 cm³/mol. The Morgan fingerprint density at radius 1 is 1.29 bits per heavy atom. The molecule has 0 spiro atoms. The first kappa shape index (κ1) is 13.7. The summed E-state index contributed by atoms with van der Waals surface area (Å²) in [5.41, 5.74) is 1.51. The van der Waals surface area contributed by atoms with Crippen LogP contribution in [0.5, 0.6) is 0 Å². The standard InChI is InChI=1S/C16H17NO4/c1-9-12-4-2-3-5-13(12)21-14(9)15(18)17-11-7-6-10(8-11)16(19)20/h2-5,10-11H,6-8H2,1H3,(H,17,18)(H,19,20)/t10-,11+/m1/s1. The Labute approximate surface area is 121 Å². The van der Waals surface area contributed by atoms with Crippen molar-refractivity contribution in [3.63, 3.8) is 0 Å². The van der Waals surface area contributed by atoms with Crippen molar-refractivity contribution in [3.05, 3.63) is 35.6 Å². The molecule has 1 aliphatic rings. The Kier molecular flexibility index (Phi) is 3.41. The van der Waals surface area contributed by atoms with Crippen LogP contribution in [-0.2, 0) is 4.79 Å². The third kappa shape index (κ3) is 2.51. The number of carboxylic acid groups (broad SMARTS) is 1. The van der Waals surface area contributed by atoms with Crippen molar-refractivity contribution in [2.45, 2.75) is 32.2 Å². The Morgan fingerprint density at radius 2 is 2.05 bits per heavy atom. The molecule has 1 aromatic carbocycles. The quantitative estimate of drug-likeness (QED) is 0.909. The van der Waals surface area contributed by atoms with Crippen LogP contribution in [0.15, 0.2) is 28.7 Å². The van der Waals surface area contributed by atoms with E-state index in [-0.39, 0.29) is 17.9 Å². The topological polar surface area (TPSA) is 79.5 Å². The summed E-state index contributed by atoms with van der Waals surface area (Å²) in [4.78, 5) is 23.3. The number of hydrogen-bond donors (Lipinski definition) is 2. The lowest BCUT2D eigenvalue weighted by atomic mass is 10.1. The zero-order valence-corrected chi connectivity index (χ0v) is 11.8. The van der Waals surface area contributed by atoms with Crippen LogP contribution in [0, 0.1) is 12.8 Å². The summed E-state index contributed by atoms with van der Waals surface area (Å²) < 4.78 is 5.62. The highest BCUT2D eigenvalue weighted by atomic mass is 16.4. The van der Waals surface area contributed by atoms with Crippen molar-refractivity contribution in [2.24, 2.45) is 5.92 Å². The molecular formula is C16H17NO4. The zero-order chi connectivity index (χ0) is 15.0. The van der Waals surface area contributed by atoms with Crippen LogP contribution in [0.2, 0.25) is 0 Å². The molecule has 2 atom stereocenters. The van der Waals surface area contributed by atoms with Gasteiger partial charge in [0.05, 0.1) is 5.92 Å². The normalized spacial score (nSPS) is 21.6. The van der Waals surface area contributed by atoms with Crippen molar-refractivity contribution in [2.75, 3.05) is 0 Å². The number of benzene rings is 1. The van der Waals surface area contributed by atoms with Crippen LogP contribution in [0.1, 0.15) is 35.4 Å². The molecule has 1 aromatic heterocycles. The fraction of sp³-hybridized carbons (Fsp3) is 0.375. The molecule has 0 bridgehead atoms. The minimum absolute atomic E-state index is 0.0915. The van der Waals surface area contributed by atoms with E-state index in [9.17, 15) is 9.59 Å². The van der Waals surface area contributed by atoms with Gasteiger partial charge in [0.15, 0.2) is 5.76 Å². The van der Waals surface area contributed by atoms with Crippen molar-refractivity contribution in [1.82, 2.24) is 5.32 Å². The van der Waals surface area contributed by atoms with Crippen LogP contribution in [0.25, 0.3) is 11.0 Å². The fourth-order valence-electron chi connectivity index (χ4n) is 2.98. The predicted octanol–water partition coefficient (Wildman–Crippen LogP) is 2.72. The number of amides is 1. The summed E-state index contributed by atoms with van der Waals surface area (Å²) in [5, 5.41) is 12.8. The number of furan rings is 1. The van der Waals surface area contributed by atoms with Gasteiger partial charge in [0, 0.05) is 17.0 Å². The Balaban J connectivity index is 1.76. The summed E-state index contributed by atoms with van der Waals surface area (Å²) in [7, 11) is 0. The van der Waals surface area contributed by atoms with Gasteiger partial charge in [-0.2, -0.15) is 0 Å². The highest BCUT2D eigenvalue weighted by molar-refractivity contribution is 5.99. The molecule has 21 heavy (non-hydrogen) atoms. The summed E-state index contributed by atoms with van der Waals surface area (Å²) in [6.45, 7) is 1.86. The molecule has 1 heterocycles. The van der Waals surface area contributed by atoms with E-state index in [1.165, 1.54) is 0 Å². The van der Waals surface area contributed by atoms with Crippen LogP contribution in [-0.4, -0.2) is 23.0 Å². The minimum Gasteiger partial charge on any atom is -0.481 e. The molecular weight excluding hydrogens is 270 g/mol. The number of carboxylic acids is 1. The van der Waals surface area contributed by atoms with Gasteiger partial charge in [-0.05, 0) is 32.3 Å². The number of nitrogens with one attached hydrogen (secondary N) is 1. The van der Waals surface area contributed by atoms with Gasteiger partial charge in [-0.3, -0.25) is 9.59 Å². The van der Waals surface area contributed by atoms with E-state index >= 15 is 0 Å². The third-order valence-electron chi connectivity index (χ3n) is 4.17. The number of carbonyl (C=O) groups is 2. The maximum absolute atomic E-state index is 12.3. The van der Waals surface area contributed by atoms with E-state index in [2.05, 4.69) is 5.32 Å². The molecule has 0 aliphatic heterocycles. The number of rotatable bonds is 3. The van der Waals surface area contributed by atoms with Gasteiger partial charge >= 0.3 is 5.97 Å². The first-order valence-corrected chi connectivity index (χ1v) is 7.08. The summed E-state index contributed by atoms with van der Waals surface area (Å²) in [6.07, 6.45) is 1.79. The lowest BCUT2D eigenvalue weighted by Gasteiger charge is -2.11.